The monoisotopic (exact) mass is 392 g/mol. The fraction of sp³-hybridized carbons (Fsp3) is 0.417. The molecular formula is C24H28N2O3. The van der Waals surface area contributed by atoms with Crippen molar-refractivity contribution in [2.45, 2.75) is 44.2 Å². The van der Waals surface area contributed by atoms with Crippen LogP contribution in [0.4, 0.5) is 0 Å². The molecule has 0 bridgehead atoms. The molecule has 2 aromatic carbocycles. The summed E-state index contributed by atoms with van der Waals surface area (Å²) in [6, 6.07) is 18.5. The molecule has 0 spiro atoms. The zero-order valence-electron chi connectivity index (χ0n) is 16.7. The lowest BCUT2D eigenvalue weighted by atomic mass is 9.88. The molecule has 0 aromatic heterocycles. The number of amides is 2. The van der Waals surface area contributed by atoms with Crippen molar-refractivity contribution in [1.82, 2.24) is 9.80 Å². The first-order chi connectivity index (χ1) is 14.1. The van der Waals surface area contributed by atoms with Crippen molar-refractivity contribution in [2.75, 3.05) is 19.6 Å². The Hall–Kier alpha value is -2.66. The highest BCUT2D eigenvalue weighted by molar-refractivity contribution is 5.87. The molecule has 1 N–H and O–H groups in total. The highest BCUT2D eigenvalue weighted by Gasteiger charge is 2.33. The summed E-state index contributed by atoms with van der Waals surface area (Å²) < 4.78 is 0. The molecule has 29 heavy (non-hydrogen) atoms. The van der Waals surface area contributed by atoms with Gasteiger partial charge in [-0.2, -0.15) is 0 Å². The lowest BCUT2D eigenvalue weighted by Gasteiger charge is -2.38. The van der Waals surface area contributed by atoms with Crippen LogP contribution in [0.5, 0.6) is 0 Å². The van der Waals surface area contributed by atoms with E-state index in [-0.39, 0.29) is 24.4 Å². The molecule has 0 saturated carbocycles. The summed E-state index contributed by atoms with van der Waals surface area (Å²) in [5.41, 5.74) is 3.67. The lowest BCUT2D eigenvalue weighted by Crippen LogP contribution is -2.48. The molecule has 2 heterocycles. The first-order valence-electron chi connectivity index (χ1n) is 10.5. The third-order valence-corrected chi connectivity index (χ3v) is 6.08. The molecular weight excluding hydrogens is 364 g/mol. The van der Waals surface area contributed by atoms with Gasteiger partial charge in [0.2, 0.25) is 5.91 Å². The summed E-state index contributed by atoms with van der Waals surface area (Å²) in [6.07, 6.45) is 2.71. The fourth-order valence-corrected chi connectivity index (χ4v) is 4.50. The quantitative estimate of drug-likeness (QED) is 0.870. The van der Waals surface area contributed by atoms with E-state index in [2.05, 4.69) is 24.3 Å². The number of carbonyl (C=O) groups excluding carboxylic acids is 2. The van der Waals surface area contributed by atoms with Crippen molar-refractivity contribution in [3.8, 4) is 0 Å². The van der Waals surface area contributed by atoms with E-state index in [1.54, 1.807) is 4.90 Å². The number of fused-ring (bicyclic) bond motifs is 1. The number of benzene rings is 2. The van der Waals surface area contributed by atoms with Crippen molar-refractivity contribution in [2.24, 2.45) is 0 Å². The van der Waals surface area contributed by atoms with E-state index in [4.69, 9.17) is 0 Å². The van der Waals surface area contributed by atoms with Gasteiger partial charge in [-0.1, -0.05) is 54.6 Å². The molecule has 1 saturated heterocycles. The van der Waals surface area contributed by atoms with Crippen LogP contribution in [0.2, 0.25) is 0 Å². The maximum Gasteiger partial charge on any atom is 0.251 e. The van der Waals surface area contributed by atoms with E-state index < -0.39 is 6.10 Å². The average molecular weight is 392 g/mol. The van der Waals surface area contributed by atoms with Crippen molar-refractivity contribution >= 4 is 11.8 Å². The van der Waals surface area contributed by atoms with E-state index in [1.807, 2.05) is 35.2 Å². The van der Waals surface area contributed by atoms with Crippen molar-refractivity contribution in [3.63, 3.8) is 0 Å². The average Bonchev–Trinajstić information content (AvgIpc) is 2.90. The Morgan fingerprint density at radius 2 is 1.76 bits per heavy atom. The molecule has 2 aliphatic rings. The predicted molar refractivity (Wildman–Crippen MR) is 111 cm³/mol. The highest BCUT2D eigenvalue weighted by atomic mass is 16.3. The van der Waals surface area contributed by atoms with E-state index >= 15 is 0 Å². The molecule has 2 aliphatic heterocycles. The van der Waals surface area contributed by atoms with Gasteiger partial charge in [0.05, 0.1) is 12.6 Å². The zero-order chi connectivity index (χ0) is 20.2. The van der Waals surface area contributed by atoms with Gasteiger partial charge in [-0.15, -0.1) is 0 Å². The van der Waals surface area contributed by atoms with Crippen LogP contribution in [-0.2, 0) is 22.4 Å². The lowest BCUT2D eigenvalue weighted by molar-refractivity contribution is -0.146. The second-order valence-corrected chi connectivity index (χ2v) is 8.01. The minimum absolute atomic E-state index is 0.0390. The molecule has 2 amide bonds. The van der Waals surface area contributed by atoms with Crippen LogP contribution in [-0.4, -0.2) is 52.5 Å². The Kier molecular flexibility index (Phi) is 5.95. The summed E-state index contributed by atoms with van der Waals surface area (Å²) >= 11 is 0. The van der Waals surface area contributed by atoms with Crippen LogP contribution in [0.1, 0.15) is 42.0 Å². The minimum Gasteiger partial charge on any atom is -0.383 e. The van der Waals surface area contributed by atoms with Gasteiger partial charge < -0.3 is 14.9 Å². The number of aliphatic hydroxyl groups excluding tert-OH is 1. The minimum atomic E-state index is -0.979. The second kappa shape index (κ2) is 8.78. The Morgan fingerprint density at radius 1 is 1.00 bits per heavy atom. The Bertz CT molecular complexity index is 867. The van der Waals surface area contributed by atoms with Crippen molar-refractivity contribution in [3.05, 3.63) is 71.3 Å². The van der Waals surface area contributed by atoms with Gasteiger partial charge >= 0.3 is 0 Å². The van der Waals surface area contributed by atoms with Gasteiger partial charge in [-0.05, 0) is 48.8 Å². The molecule has 1 fully saturated rings. The number of hydrogen-bond donors (Lipinski definition) is 1. The molecule has 0 radical (unpaired) electrons. The summed E-state index contributed by atoms with van der Waals surface area (Å²) in [7, 11) is 0. The molecule has 5 heteroatoms. The smallest absolute Gasteiger partial charge is 0.251 e. The third kappa shape index (κ3) is 4.35. The van der Waals surface area contributed by atoms with Crippen LogP contribution >= 0.6 is 0 Å². The summed E-state index contributed by atoms with van der Waals surface area (Å²) in [5.74, 6) is -0.351. The zero-order valence-corrected chi connectivity index (χ0v) is 16.7. The second-order valence-electron chi connectivity index (χ2n) is 8.01. The van der Waals surface area contributed by atoms with E-state index in [9.17, 15) is 14.7 Å². The van der Waals surface area contributed by atoms with Crippen molar-refractivity contribution in [1.29, 1.82) is 0 Å². The van der Waals surface area contributed by atoms with Crippen LogP contribution in [0, 0.1) is 0 Å². The SMILES string of the molecule is O=C1C(O)CCCCN1CC(=O)N1CCc2ccccc2C1Cc1ccccc1. The van der Waals surface area contributed by atoms with Crippen LogP contribution < -0.4 is 0 Å². The Balaban J connectivity index is 1.57. The van der Waals surface area contributed by atoms with Crippen LogP contribution in [0.3, 0.4) is 0 Å². The summed E-state index contributed by atoms with van der Waals surface area (Å²) in [6.45, 7) is 1.23. The Labute approximate surface area is 171 Å². The molecule has 5 nitrogen and oxygen atoms in total. The number of likely N-dealkylation sites (tertiary alicyclic amines) is 1. The molecule has 2 atom stereocenters. The maximum atomic E-state index is 13.3. The van der Waals surface area contributed by atoms with Gasteiger partial charge in [0.1, 0.15) is 6.10 Å². The standard InChI is InChI=1S/C24H28N2O3/c27-22-12-6-7-14-25(24(22)29)17-23(28)26-15-13-19-10-4-5-11-20(19)21(26)16-18-8-2-1-3-9-18/h1-5,8-11,21-22,27H,6-7,12-17H2. The molecule has 2 unspecified atom stereocenters. The topological polar surface area (TPSA) is 60.9 Å². The normalized spacial score (nSPS) is 22.2. The Morgan fingerprint density at radius 3 is 2.59 bits per heavy atom. The van der Waals surface area contributed by atoms with Crippen LogP contribution in [0.15, 0.2) is 54.6 Å². The number of carbonyl (C=O) groups is 2. The van der Waals surface area contributed by atoms with E-state index in [0.717, 1.165) is 25.7 Å². The van der Waals surface area contributed by atoms with Gasteiger partial charge in [-0.3, -0.25) is 9.59 Å². The van der Waals surface area contributed by atoms with Gasteiger partial charge in [0, 0.05) is 13.1 Å². The predicted octanol–water partition coefficient (Wildman–Crippen LogP) is 2.73. The first kappa shape index (κ1) is 19.6. The fourth-order valence-electron chi connectivity index (χ4n) is 4.50. The molecule has 152 valence electrons. The first-order valence-corrected chi connectivity index (χ1v) is 10.5. The summed E-state index contributed by atoms with van der Waals surface area (Å²) in [4.78, 5) is 29.2. The van der Waals surface area contributed by atoms with Crippen LogP contribution in [0.25, 0.3) is 0 Å². The van der Waals surface area contributed by atoms with E-state index in [0.29, 0.717) is 19.5 Å². The number of hydrogen-bond acceptors (Lipinski definition) is 3. The molecule has 4 rings (SSSR count). The highest BCUT2D eigenvalue weighted by Crippen LogP contribution is 2.32. The van der Waals surface area contributed by atoms with Gasteiger partial charge in [0.25, 0.3) is 5.91 Å². The number of nitrogens with zero attached hydrogens (tertiary/aromatic N) is 2. The number of rotatable bonds is 4. The maximum absolute atomic E-state index is 13.3. The third-order valence-electron chi connectivity index (χ3n) is 6.08. The summed E-state index contributed by atoms with van der Waals surface area (Å²) in [5, 5.41) is 10.0. The van der Waals surface area contributed by atoms with E-state index in [1.165, 1.54) is 16.7 Å². The largest absolute Gasteiger partial charge is 0.383 e. The van der Waals surface area contributed by atoms with Crippen molar-refractivity contribution < 1.29 is 14.7 Å². The van der Waals surface area contributed by atoms with Gasteiger partial charge in [-0.25, -0.2) is 0 Å². The molecule has 0 aliphatic carbocycles. The van der Waals surface area contributed by atoms with Gasteiger partial charge in [0.15, 0.2) is 0 Å². The number of aliphatic hydroxyl groups is 1. The molecule has 2 aromatic rings.